The molecule has 0 unspecified atom stereocenters. The first-order valence-corrected chi connectivity index (χ1v) is 11.9. The van der Waals surface area contributed by atoms with Gasteiger partial charge < -0.3 is 5.32 Å². The van der Waals surface area contributed by atoms with Gasteiger partial charge in [0.15, 0.2) is 0 Å². The summed E-state index contributed by atoms with van der Waals surface area (Å²) in [6.45, 7) is 7.22. The molecule has 1 saturated carbocycles. The lowest BCUT2D eigenvalue weighted by Crippen LogP contribution is -2.47. The number of hydrogen-bond acceptors (Lipinski definition) is 4. The zero-order chi connectivity index (χ0) is 22.1. The number of nitrogens with zero attached hydrogens (tertiary/aromatic N) is 3. The van der Waals surface area contributed by atoms with Gasteiger partial charge in [-0.2, -0.15) is 5.10 Å². The predicted molar refractivity (Wildman–Crippen MR) is 118 cm³/mol. The standard InChI is InChI=1S/C22H32N4O3S/c1-15-10-12-19(13-11-15)26(14-21(27)23-20-9-7-6-8-16(20)2)30(28,29)22-17(3)24-25(5)18(22)4/h10-13,16,20H,6-9,14H2,1-5H3,(H,23,27)/t16-,20-/m1/s1. The molecule has 2 atom stereocenters. The summed E-state index contributed by atoms with van der Waals surface area (Å²) < 4.78 is 30.1. The smallest absolute Gasteiger partial charge is 0.268 e. The van der Waals surface area contributed by atoms with E-state index in [9.17, 15) is 13.2 Å². The van der Waals surface area contributed by atoms with E-state index in [-0.39, 0.29) is 23.4 Å². The van der Waals surface area contributed by atoms with E-state index in [1.54, 1.807) is 37.7 Å². The Balaban J connectivity index is 1.94. The first kappa shape index (κ1) is 22.3. The monoisotopic (exact) mass is 432 g/mol. The Morgan fingerprint density at radius 2 is 1.80 bits per heavy atom. The molecule has 164 valence electrons. The summed E-state index contributed by atoms with van der Waals surface area (Å²) in [4.78, 5) is 13.1. The Hall–Kier alpha value is -2.35. The van der Waals surface area contributed by atoms with Crippen molar-refractivity contribution in [3.05, 3.63) is 41.2 Å². The molecule has 0 aliphatic heterocycles. The van der Waals surface area contributed by atoms with Crippen LogP contribution >= 0.6 is 0 Å². The highest BCUT2D eigenvalue weighted by Crippen LogP contribution is 2.28. The van der Waals surface area contributed by atoms with E-state index in [0.717, 1.165) is 24.8 Å². The maximum atomic E-state index is 13.7. The average Bonchev–Trinajstić information content (AvgIpc) is 2.94. The minimum absolute atomic E-state index is 0.0932. The van der Waals surface area contributed by atoms with Crippen molar-refractivity contribution in [2.24, 2.45) is 13.0 Å². The Bertz CT molecular complexity index is 1010. The third-order valence-electron chi connectivity index (χ3n) is 6.06. The van der Waals surface area contributed by atoms with Crippen LogP contribution < -0.4 is 9.62 Å². The van der Waals surface area contributed by atoms with E-state index in [0.29, 0.717) is 23.0 Å². The van der Waals surface area contributed by atoms with Gasteiger partial charge in [-0.15, -0.1) is 0 Å². The molecule has 1 aliphatic carbocycles. The molecule has 1 fully saturated rings. The molecule has 1 N–H and O–H groups in total. The molecule has 30 heavy (non-hydrogen) atoms. The van der Waals surface area contributed by atoms with Crippen LogP contribution in [0, 0.1) is 26.7 Å². The van der Waals surface area contributed by atoms with Gasteiger partial charge in [-0.1, -0.05) is 37.5 Å². The second-order valence-electron chi connectivity index (χ2n) is 8.41. The number of aryl methyl sites for hydroxylation is 3. The fraction of sp³-hybridized carbons (Fsp3) is 0.545. The van der Waals surface area contributed by atoms with Crippen molar-refractivity contribution in [1.82, 2.24) is 15.1 Å². The molecule has 0 saturated heterocycles. The van der Waals surface area contributed by atoms with Gasteiger partial charge in [0.25, 0.3) is 10.0 Å². The summed E-state index contributed by atoms with van der Waals surface area (Å²) in [5.74, 6) is 0.118. The number of carbonyl (C=O) groups excluding carboxylic acids is 1. The second kappa shape index (κ2) is 8.79. The van der Waals surface area contributed by atoms with Crippen molar-refractivity contribution < 1.29 is 13.2 Å². The fourth-order valence-electron chi connectivity index (χ4n) is 4.18. The SMILES string of the molecule is Cc1ccc(N(CC(=O)N[C@@H]2CCCC[C@H]2C)S(=O)(=O)c2c(C)nn(C)c2C)cc1. The molecule has 7 nitrogen and oxygen atoms in total. The third-order valence-corrected chi connectivity index (χ3v) is 8.08. The van der Waals surface area contributed by atoms with Crippen molar-refractivity contribution in [2.75, 3.05) is 10.8 Å². The van der Waals surface area contributed by atoms with E-state index >= 15 is 0 Å². The number of nitrogens with one attached hydrogen (secondary N) is 1. The van der Waals surface area contributed by atoms with E-state index in [2.05, 4.69) is 17.3 Å². The highest BCUT2D eigenvalue weighted by molar-refractivity contribution is 7.93. The van der Waals surface area contributed by atoms with Crippen LogP contribution in [0.15, 0.2) is 29.2 Å². The molecular formula is C22H32N4O3S. The van der Waals surface area contributed by atoms with Gasteiger partial charge in [0.2, 0.25) is 5.91 Å². The van der Waals surface area contributed by atoms with Crippen molar-refractivity contribution in [1.29, 1.82) is 0 Å². The summed E-state index contributed by atoms with van der Waals surface area (Å²) in [6.07, 6.45) is 4.28. The van der Waals surface area contributed by atoms with Gasteiger partial charge in [-0.05, 0) is 51.7 Å². The topological polar surface area (TPSA) is 84.3 Å². The molecule has 0 bridgehead atoms. The average molecular weight is 433 g/mol. The third kappa shape index (κ3) is 4.53. The minimum Gasteiger partial charge on any atom is -0.352 e. The number of aromatic nitrogens is 2. The van der Waals surface area contributed by atoms with Crippen LogP contribution in [0.2, 0.25) is 0 Å². The lowest BCUT2D eigenvalue weighted by Gasteiger charge is -2.31. The Labute approximate surface area is 179 Å². The van der Waals surface area contributed by atoms with Crippen molar-refractivity contribution in [2.45, 2.75) is 64.3 Å². The number of amides is 1. The van der Waals surface area contributed by atoms with Gasteiger partial charge >= 0.3 is 0 Å². The van der Waals surface area contributed by atoms with E-state index in [4.69, 9.17) is 0 Å². The predicted octanol–water partition coefficient (Wildman–Crippen LogP) is 3.24. The molecule has 0 radical (unpaired) electrons. The molecule has 0 spiro atoms. The van der Waals surface area contributed by atoms with E-state index in [1.165, 1.54) is 10.7 Å². The van der Waals surface area contributed by atoms with Crippen molar-refractivity contribution in [3.63, 3.8) is 0 Å². The van der Waals surface area contributed by atoms with Crippen molar-refractivity contribution >= 4 is 21.6 Å². The first-order chi connectivity index (χ1) is 14.1. The van der Waals surface area contributed by atoms with Crippen molar-refractivity contribution in [3.8, 4) is 0 Å². The molecule has 3 rings (SSSR count). The highest BCUT2D eigenvalue weighted by atomic mass is 32.2. The normalized spacial score (nSPS) is 19.5. The lowest BCUT2D eigenvalue weighted by atomic mass is 9.86. The van der Waals surface area contributed by atoms with Crippen LogP contribution in [-0.2, 0) is 21.9 Å². The Morgan fingerprint density at radius 1 is 1.17 bits per heavy atom. The summed E-state index contributed by atoms with van der Waals surface area (Å²) in [5, 5.41) is 7.33. The van der Waals surface area contributed by atoms with Crippen LogP contribution in [0.3, 0.4) is 0 Å². The largest absolute Gasteiger partial charge is 0.352 e. The quantitative estimate of drug-likeness (QED) is 0.759. The maximum absolute atomic E-state index is 13.7. The zero-order valence-electron chi connectivity index (χ0n) is 18.5. The van der Waals surface area contributed by atoms with Crippen LogP contribution in [0.1, 0.15) is 49.6 Å². The second-order valence-corrected chi connectivity index (χ2v) is 10.2. The molecular weight excluding hydrogens is 400 g/mol. The molecule has 2 aromatic rings. The number of anilines is 1. The number of carbonyl (C=O) groups is 1. The maximum Gasteiger partial charge on any atom is 0.268 e. The van der Waals surface area contributed by atoms with Gasteiger partial charge in [-0.3, -0.25) is 13.8 Å². The number of benzene rings is 1. The molecule has 8 heteroatoms. The zero-order valence-corrected chi connectivity index (χ0v) is 19.3. The van der Waals surface area contributed by atoms with Crippen LogP contribution in [0.5, 0.6) is 0 Å². The van der Waals surface area contributed by atoms with E-state index < -0.39 is 10.0 Å². The molecule has 1 amide bonds. The summed E-state index contributed by atoms with van der Waals surface area (Å²) in [5.41, 5.74) is 2.46. The first-order valence-electron chi connectivity index (χ1n) is 10.5. The highest BCUT2D eigenvalue weighted by Gasteiger charge is 2.33. The molecule has 1 aliphatic rings. The number of rotatable bonds is 6. The number of sulfonamides is 1. The van der Waals surface area contributed by atoms with E-state index in [1.807, 2.05) is 19.1 Å². The van der Waals surface area contributed by atoms with Crippen LogP contribution in [0.4, 0.5) is 5.69 Å². The Morgan fingerprint density at radius 3 is 2.37 bits per heavy atom. The van der Waals surface area contributed by atoms with Crippen LogP contribution in [-0.4, -0.2) is 36.7 Å². The van der Waals surface area contributed by atoms with Gasteiger partial charge in [0.1, 0.15) is 11.4 Å². The lowest BCUT2D eigenvalue weighted by molar-refractivity contribution is -0.120. The Kier molecular flexibility index (Phi) is 6.55. The fourth-order valence-corrected chi connectivity index (χ4v) is 6.00. The minimum atomic E-state index is -3.97. The van der Waals surface area contributed by atoms with Gasteiger partial charge in [0.05, 0.1) is 17.1 Å². The molecule has 1 heterocycles. The molecule has 1 aromatic carbocycles. The van der Waals surface area contributed by atoms with Gasteiger partial charge in [-0.25, -0.2) is 8.42 Å². The van der Waals surface area contributed by atoms with Gasteiger partial charge in [0, 0.05) is 13.1 Å². The van der Waals surface area contributed by atoms with Crippen LogP contribution in [0.25, 0.3) is 0 Å². The summed E-state index contributed by atoms with van der Waals surface area (Å²) in [6, 6.07) is 7.27. The molecule has 1 aromatic heterocycles. The summed E-state index contributed by atoms with van der Waals surface area (Å²) in [7, 11) is -2.25. The number of hydrogen-bond donors (Lipinski definition) is 1. The summed E-state index contributed by atoms with van der Waals surface area (Å²) >= 11 is 0.